The molecule has 2 unspecified atom stereocenters. The molecule has 2 N–H and O–H groups in total. The van der Waals surface area contributed by atoms with Crippen LogP contribution in [-0.2, 0) is 11.3 Å². The number of benzene rings is 1. The number of likely N-dealkylation sites (tertiary alicyclic amines) is 1. The van der Waals surface area contributed by atoms with E-state index in [9.17, 15) is 19.1 Å². The molecule has 1 aliphatic heterocycles. The van der Waals surface area contributed by atoms with E-state index in [1.165, 1.54) is 17.0 Å². The molecular formula is C18H22FN5O3. The molecular weight excluding hydrogens is 353 g/mol. The molecule has 1 saturated heterocycles. The number of piperidine rings is 1. The molecule has 2 heterocycles. The van der Waals surface area contributed by atoms with Crippen LogP contribution in [0.5, 0.6) is 0 Å². The van der Waals surface area contributed by atoms with Crippen molar-refractivity contribution >= 4 is 17.8 Å². The Kier molecular flexibility index (Phi) is 5.38. The van der Waals surface area contributed by atoms with Crippen LogP contribution in [0.1, 0.15) is 24.6 Å². The van der Waals surface area contributed by atoms with E-state index >= 15 is 0 Å². The monoisotopic (exact) mass is 375 g/mol. The molecule has 144 valence electrons. The Morgan fingerprint density at radius 1 is 1.37 bits per heavy atom. The molecule has 0 saturated carbocycles. The van der Waals surface area contributed by atoms with Crippen LogP contribution in [0.3, 0.4) is 0 Å². The number of halogens is 1. The first-order valence-electron chi connectivity index (χ1n) is 8.76. The van der Waals surface area contributed by atoms with Crippen LogP contribution in [0, 0.1) is 24.6 Å². The minimum atomic E-state index is -0.892. The number of urea groups is 1. The second kappa shape index (κ2) is 7.73. The lowest BCUT2D eigenvalue weighted by molar-refractivity contribution is -0.143. The van der Waals surface area contributed by atoms with Gasteiger partial charge in [-0.1, -0.05) is 24.3 Å². The first-order valence-corrected chi connectivity index (χ1v) is 8.76. The fourth-order valence-corrected chi connectivity index (χ4v) is 3.31. The molecule has 1 aromatic carbocycles. The first-order chi connectivity index (χ1) is 12.8. The summed E-state index contributed by atoms with van der Waals surface area (Å²) in [6.07, 6.45) is 0.557. The molecule has 1 fully saturated rings. The normalized spacial score (nSPS) is 19.7. The summed E-state index contributed by atoms with van der Waals surface area (Å²) < 4.78 is 14.9. The quantitative estimate of drug-likeness (QED) is 0.854. The van der Waals surface area contributed by atoms with Gasteiger partial charge in [-0.3, -0.25) is 10.1 Å². The van der Waals surface area contributed by atoms with E-state index < -0.39 is 17.9 Å². The topological polar surface area (TPSA) is 100 Å². The number of hydrogen-bond acceptors (Lipinski definition) is 4. The molecule has 8 nitrogen and oxygen atoms in total. The number of hydrogen-bond donors (Lipinski definition) is 2. The second-order valence-electron chi connectivity index (χ2n) is 7.02. The van der Waals surface area contributed by atoms with Gasteiger partial charge in [0.2, 0.25) is 0 Å². The highest BCUT2D eigenvalue weighted by Crippen LogP contribution is 2.23. The van der Waals surface area contributed by atoms with Crippen LogP contribution < -0.4 is 5.32 Å². The number of carbonyl (C=O) groups excluding carboxylic acids is 1. The van der Waals surface area contributed by atoms with E-state index in [1.807, 2.05) is 6.92 Å². The molecule has 0 spiro atoms. The van der Waals surface area contributed by atoms with Crippen molar-refractivity contribution in [2.24, 2.45) is 11.8 Å². The predicted octanol–water partition coefficient (Wildman–Crippen LogP) is 2.35. The van der Waals surface area contributed by atoms with E-state index in [4.69, 9.17) is 0 Å². The van der Waals surface area contributed by atoms with Gasteiger partial charge >= 0.3 is 12.0 Å². The van der Waals surface area contributed by atoms with E-state index in [0.29, 0.717) is 31.0 Å². The number of aromatic nitrogens is 3. The molecule has 2 atom stereocenters. The Labute approximate surface area is 156 Å². The number of nitrogens with one attached hydrogen (secondary N) is 1. The van der Waals surface area contributed by atoms with E-state index in [1.54, 1.807) is 23.7 Å². The van der Waals surface area contributed by atoms with Crippen molar-refractivity contribution < 1.29 is 19.1 Å². The minimum absolute atomic E-state index is 0.107. The highest BCUT2D eigenvalue weighted by molar-refractivity contribution is 5.89. The summed E-state index contributed by atoms with van der Waals surface area (Å²) in [7, 11) is 0. The van der Waals surface area contributed by atoms with Crippen LogP contribution in [0.25, 0.3) is 0 Å². The third-order valence-electron chi connectivity index (χ3n) is 4.73. The third kappa shape index (κ3) is 4.42. The molecule has 9 heteroatoms. The SMILES string of the molecule is Cc1c(NC(=O)N2CC(C)CC(C(=O)O)C2)nnn1Cc1cccc(F)c1. The van der Waals surface area contributed by atoms with Gasteiger partial charge in [0.25, 0.3) is 0 Å². The van der Waals surface area contributed by atoms with E-state index in [2.05, 4.69) is 15.6 Å². The van der Waals surface area contributed by atoms with Crippen molar-refractivity contribution in [2.45, 2.75) is 26.8 Å². The van der Waals surface area contributed by atoms with E-state index in [-0.39, 0.29) is 18.3 Å². The molecule has 27 heavy (non-hydrogen) atoms. The molecule has 1 aromatic heterocycles. The number of aliphatic carboxylic acids is 1. The lowest BCUT2D eigenvalue weighted by Crippen LogP contribution is -2.47. The molecule has 0 aliphatic carbocycles. The van der Waals surface area contributed by atoms with Crippen molar-refractivity contribution in [1.29, 1.82) is 0 Å². The van der Waals surface area contributed by atoms with Gasteiger partial charge in [0, 0.05) is 13.1 Å². The zero-order chi connectivity index (χ0) is 19.6. The molecule has 0 bridgehead atoms. The third-order valence-corrected chi connectivity index (χ3v) is 4.73. The number of carboxylic acids is 1. The highest BCUT2D eigenvalue weighted by Gasteiger charge is 2.32. The minimum Gasteiger partial charge on any atom is -0.481 e. The van der Waals surface area contributed by atoms with Gasteiger partial charge in [-0.05, 0) is 37.0 Å². The first kappa shape index (κ1) is 18.8. The summed E-state index contributed by atoms with van der Waals surface area (Å²) in [5.41, 5.74) is 1.36. The molecule has 2 amide bonds. The summed E-state index contributed by atoms with van der Waals surface area (Å²) in [5.74, 6) is -1.37. The maximum Gasteiger partial charge on any atom is 0.323 e. The van der Waals surface area contributed by atoms with Gasteiger partial charge in [-0.25, -0.2) is 13.9 Å². The largest absolute Gasteiger partial charge is 0.481 e. The van der Waals surface area contributed by atoms with Gasteiger partial charge in [0.15, 0.2) is 5.82 Å². The van der Waals surface area contributed by atoms with Crippen molar-refractivity contribution in [3.05, 3.63) is 41.3 Å². The van der Waals surface area contributed by atoms with E-state index in [0.717, 1.165) is 5.56 Å². The average molecular weight is 375 g/mol. The van der Waals surface area contributed by atoms with Crippen LogP contribution in [-0.4, -0.2) is 50.1 Å². The number of carboxylic acid groups (broad SMARTS) is 1. The van der Waals surface area contributed by atoms with Crippen molar-refractivity contribution in [3.8, 4) is 0 Å². The van der Waals surface area contributed by atoms with Crippen LogP contribution in [0.15, 0.2) is 24.3 Å². The zero-order valence-corrected chi connectivity index (χ0v) is 15.2. The average Bonchev–Trinajstić information content (AvgIpc) is 2.94. The van der Waals surface area contributed by atoms with Gasteiger partial charge in [0.1, 0.15) is 5.82 Å². The Hall–Kier alpha value is -2.97. The van der Waals surface area contributed by atoms with Gasteiger partial charge in [-0.2, -0.15) is 0 Å². The van der Waals surface area contributed by atoms with Crippen molar-refractivity contribution in [1.82, 2.24) is 19.9 Å². The van der Waals surface area contributed by atoms with Crippen molar-refractivity contribution in [3.63, 3.8) is 0 Å². The standard InChI is InChI=1S/C18H22FN5O3/c1-11-6-14(17(25)26)10-23(8-11)18(27)20-16-12(2)24(22-21-16)9-13-4-3-5-15(19)7-13/h3-5,7,11,14H,6,8-10H2,1-2H3,(H,20,27)(H,25,26). The van der Waals surface area contributed by atoms with Crippen molar-refractivity contribution in [2.75, 3.05) is 18.4 Å². The highest BCUT2D eigenvalue weighted by atomic mass is 19.1. The lowest BCUT2D eigenvalue weighted by atomic mass is 9.91. The number of nitrogens with zero attached hydrogens (tertiary/aromatic N) is 4. The summed E-state index contributed by atoms with van der Waals surface area (Å²) in [6, 6.07) is 5.79. The molecule has 1 aliphatic rings. The van der Waals surface area contributed by atoms with Crippen LogP contribution >= 0.6 is 0 Å². The predicted molar refractivity (Wildman–Crippen MR) is 95.8 cm³/mol. The van der Waals surface area contributed by atoms with Gasteiger partial charge < -0.3 is 10.0 Å². The summed E-state index contributed by atoms with van der Waals surface area (Å²) in [4.78, 5) is 25.3. The summed E-state index contributed by atoms with van der Waals surface area (Å²) >= 11 is 0. The molecule has 0 radical (unpaired) electrons. The summed E-state index contributed by atoms with van der Waals surface area (Å²) in [5, 5.41) is 19.9. The maximum absolute atomic E-state index is 13.3. The number of anilines is 1. The Bertz CT molecular complexity index is 853. The Morgan fingerprint density at radius 2 is 2.15 bits per heavy atom. The number of carbonyl (C=O) groups is 2. The fourth-order valence-electron chi connectivity index (χ4n) is 3.31. The molecule has 3 rings (SSSR count). The molecule has 2 aromatic rings. The Morgan fingerprint density at radius 3 is 2.85 bits per heavy atom. The second-order valence-corrected chi connectivity index (χ2v) is 7.02. The number of rotatable bonds is 4. The van der Waals surface area contributed by atoms with Gasteiger partial charge in [-0.15, -0.1) is 5.10 Å². The maximum atomic E-state index is 13.3. The zero-order valence-electron chi connectivity index (χ0n) is 15.2. The number of amides is 2. The summed E-state index contributed by atoms with van der Waals surface area (Å²) in [6.45, 7) is 4.67. The van der Waals surface area contributed by atoms with Crippen LogP contribution in [0.4, 0.5) is 15.0 Å². The smallest absolute Gasteiger partial charge is 0.323 e. The lowest BCUT2D eigenvalue weighted by Gasteiger charge is -2.34. The Balaban J connectivity index is 1.68. The van der Waals surface area contributed by atoms with Crippen LogP contribution in [0.2, 0.25) is 0 Å². The van der Waals surface area contributed by atoms with Gasteiger partial charge in [0.05, 0.1) is 18.2 Å². The fraction of sp³-hybridized carbons (Fsp3) is 0.444.